The fourth-order valence-electron chi connectivity index (χ4n) is 2.02. The Morgan fingerprint density at radius 2 is 1.82 bits per heavy atom. The minimum absolute atomic E-state index is 0.0363. The second-order valence-electron chi connectivity index (χ2n) is 4.39. The van der Waals surface area contributed by atoms with Gasteiger partial charge in [-0.1, -0.05) is 0 Å². The van der Waals surface area contributed by atoms with Crippen molar-refractivity contribution < 1.29 is 9.47 Å². The van der Waals surface area contributed by atoms with Crippen LogP contribution in [0.5, 0.6) is 11.5 Å². The third kappa shape index (κ3) is 2.36. The largest absolute Gasteiger partial charge is 0.486 e. The first-order valence-corrected chi connectivity index (χ1v) is 5.66. The number of ether oxygens (including phenoxy) is 2. The highest BCUT2D eigenvalue weighted by atomic mass is 16.6. The maximum Gasteiger partial charge on any atom is 0.161 e. The number of nitrogens with zero attached hydrogens (tertiary/aromatic N) is 1. The highest BCUT2D eigenvalue weighted by Gasteiger charge is 2.20. The van der Waals surface area contributed by atoms with Crippen LogP contribution in [0.3, 0.4) is 0 Å². The van der Waals surface area contributed by atoms with Crippen LogP contribution in [0.25, 0.3) is 0 Å². The predicted molar refractivity (Wildman–Crippen MR) is 65.9 cm³/mol. The molecule has 94 valence electrons. The molecule has 1 heterocycles. The van der Waals surface area contributed by atoms with Crippen LogP contribution in [-0.2, 0) is 0 Å². The lowest BCUT2D eigenvalue weighted by atomic mass is 10.0. The van der Waals surface area contributed by atoms with Crippen LogP contribution in [0, 0.1) is 6.92 Å². The maximum absolute atomic E-state index is 5.59. The summed E-state index contributed by atoms with van der Waals surface area (Å²) in [4.78, 5) is 2.01. The Balaban J connectivity index is 2.40. The van der Waals surface area contributed by atoms with Crippen LogP contribution >= 0.6 is 0 Å². The number of fused-ring (bicyclic) bond motifs is 1. The summed E-state index contributed by atoms with van der Waals surface area (Å²) < 4.78 is 11.1. The van der Waals surface area contributed by atoms with Gasteiger partial charge in [-0.05, 0) is 44.3 Å². The SMILES string of the molecule is Cc1cc2c(cc1C(NN)N(C)C)OCCO2. The number of rotatable bonds is 3. The Kier molecular flexibility index (Phi) is 3.51. The molecule has 1 aliphatic heterocycles. The van der Waals surface area contributed by atoms with E-state index in [0.717, 1.165) is 22.6 Å². The van der Waals surface area contributed by atoms with Gasteiger partial charge < -0.3 is 9.47 Å². The molecule has 0 aliphatic carbocycles. The van der Waals surface area contributed by atoms with E-state index in [1.807, 2.05) is 38.1 Å². The van der Waals surface area contributed by atoms with E-state index in [1.54, 1.807) is 0 Å². The highest BCUT2D eigenvalue weighted by molar-refractivity contribution is 5.48. The van der Waals surface area contributed by atoms with Gasteiger partial charge in [0.1, 0.15) is 13.2 Å². The van der Waals surface area contributed by atoms with Crippen molar-refractivity contribution in [1.82, 2.24) is 10.3 Å². The van der Waals surface area contributed by atoms with Crippen molar-refractivity contribution in [3.8, 4) is 11.5 Å². The molecule has 1 atom stereocenters. The van der Waals surface area contributed by atoms with Gasteiger partial charge in [-0.25, -0.2) is 5.43 Å². The topological polar surface area (TPSA) is 59.8 Å². The molecule has 0 spiro atoms. The van der Waals surface area contributed by atoms with Crippen molar-refractivity contribution in [2.45, 2.75) is 13.1 Å². The lowest BCUT2D eigenvalue weighted by Crippen LogP contribution is -2.38. The number of hydrogen-bond donors (Lipinski definition) is 2. The number of nitrogens with one attached hydrogen (secondary N) is 1. The summed E-state index contributed by atoms with van der Waals surface area (Å²) in [7, 11) is 3.95. The average Bonchev–Trinajstić information content (AvgIpc) is 2.30. The van der Waals surface area contributed by atoms with Gasteiger partial charge in [0.15, 0.2) is 11.5 Å². The monoisotopic (exact) mass is 237 g/mol. The maximum atomic E-state index is 5.59. The molecular weight excluding hydrogens is 218 g/mol. The lowest BCUT2D eigenvalue weighted by molar-refractivity contribution is 0.170. The Bertz CT molecular complexity index is 407. The van der Waals surface area contributed by atoms with E-state index in [9.17, 15) is 0 Å². The van der Waals surface area contributed by atoms with Gasteiger partial charge in [0.2, 0.25) is 0 Å². The van der Waals surface area contributed by atoms with Crippen molar-refractivity contribution in [2.24, 2.45) is 5.84 Å². The van der Waals surface area contributed by atoms with Gasteiger partial charge in [-0.15, -0.1) is 0 Å². The normalized spacial score (nSPS) is 16.1. The van der Waals surface area contributed by atoms with Crippen molar-refractivity contribution in [1.29, 1.82) is 0 Å². The van der Waals surface area contributed by atoms with Crippen molar-refractivity contribution in [3.63, 3.8) is 0 Å². The van der Waals surface area contributed by atoms with Crippen LogP contribution in [0.15, 0.2) is 12.1 Å². The molecule has 2 rings (SSSR count). The van der Waals surface area contributed by atoms with Crippen molar-refractivity contribution >= 4 is 0 Å². The Morgan fingerprint density at radius 1 is 1.24 bits per heavy atom. The zero-order valence-corrected chi connectivity index (χ0v) is 10.5. The van der Waals surface area contributed by atoms with Gasteiger partial charge >= 0.3 is 0 Å². The van der Waals surface area contributed by atoms with Crippen LogP contribution in [0.4, 0.5) is 0 Å². The highest BCUT2D eigenvalue weighted by Crippen LogP contribution is 2.35. The standard InChI is InChI=1S/C12H19N3O2/c1-8-6-10-11(17-5-4-16-10)7-9(8)12(14-13)15(2)3/h6-7,12,14H,4-5,13H2,1-3H3. The molecule has 17 heavy (non-hydrogen) atoms. The molecule has 1 aliphatic rings. The van der Waals surface area contributed by atoms with Gasteiger partial charge in [0.05, 0.1) is 6.17 Å². The molecule has 5 nitrogen and oxygen atoms in total. The second kappa shape index (κ2) is 4.91. The molecule has 1 aromatic carbocycles. The molecular formula is C12H19N3O2. The number of benzene rings is 1. The van der Waals surface area contributed by atoms with Crippen LogP contribution < -0.4 is 20.7 Å². The lowest BCUT2D eigenvalue weighted by Gasteiger charge is -2.27. The molecule has 0 saturated carbocycles. The minimum Gasteiger partial charge on any atom is -0.486 e. The van der Waals surface area contributed by atoms with E-state index in [1.165, 1.54) is 0 Å². The Labute approximate surface area is 101 Å². The van der Waals surface area contributed by atoms with Gasteiger partial charge in [0, 0.05) is 0 Å². The van der Waals surface area contributed by atoms with E-state index in [0.29, 0.717) is 13.2 Å². The molecule has 1 aromatic rings. The van der Waals surface area contributed by atoms with Crippen LogP contribution in [-0.4, -0.2) is 32.2 Å². The molecule has 3 N–H and O–H groups in total. The quantitative estimate of drug-likeness (QED) is 0.462. The first kappa shape index (κ1) is 12.2. The molecule has 0 aromatic heterocycles. The molecule has 0 amide bonds. The Morgan fingerprint density at radius 3 is 2.35 bits per heavy atom. The van der Waals surface area contributed by atoms with Gasteiger partial charge in [0.25, 0.3) is 0 Å². The summed E-state index contributed by atoms with van der Waals surface area (Å²) in [6.07, 6.45) is -0.0363. The summed E-state index contributed by atoms with van der Waals surface area (Å²) in [5.41, 5.74) is 5.02. The van der Waals surface area contributed by atoms with Gasteiger partial charge in [-0.3, -0.25) is 10.7 Å². The van der Waals surface area contributed by atoms with E-state index in [2.05, 4.69) is 5.43 Å². The van der Waals surface area contributed by atoms with E-state index in [4.69, 9.17) is 15.3 Å². The minimum atomic E-state index is -0.0363. The van der Waals surface area contributed by atoms with Gasteiger partial charge in [-0.2, -0.15) is 0 Å². The zero-order valence-electron chi connectivity index (χ0n) is 10.5. The van der Waals surface area contributed by atoms with E-state index < -0.39 is 0 Å². The number of hydrazine groups is 1. The number of nitrogens with two attached hydrogens (primary N) is 1. The molecule has 0 radical (unpaired) electrons. The molecule has 0 saturated heterocycles. The van der Waals surface area contributed by atoms with Crippen molar-refractivity contribution in [3.05, 3.63) is 23.3 Å². The molecule has 1 unspecified atom stereocenters. The molecule has 0 fully saturated rings. The van der Waals surface area contributed by atoms with Crippen LogP contribution in [0.1, 0.15) is 17.3 Å². The second-order valence-corrected chi connectivity index (χ2v) is 4.39. The third-order valence-corrected chi connectivity index (χ3v) is 2.90. The number of aryl methyl sites for hydroxylation is 1. The third-order valence-electron chi connectivity index (χ3n) is 2.90. The van der Waals surface area contributed by atoms with Crippen molar-refractivity contribution in [2.75, 3.05) is 27.3 Å². The fraction of sp³-hybridized carbons (Fsp3) is 0.500. The van der Waals surface area contributed by atoms with E-state index in [-0.39, 0.29) is 6.17 Å². The predicted octanol–water partition coefficient (Wildman–Crippen LogP) is 0.790. The number of hydrogen-bond acceptors (Lipinski definition) is 5. The zero-order chi connectivity index (χ0) is 12.4. The first-order valence-electron chi connectivity index (χ1n) is 5.66. The molecule has 5 heteroatoms. The first-order chi connectivity index (χ1) is 8.13. The smallest absolute Gasteiger partial charge is 0.161 e. The Hall–Kier alpha value is -1.30. The van der Waals surface area contributed by atoms with Crippen LogP contribution in [0.2, 0.25) is 0 Å². The fourth-order valence-corrected chi connectivity index (χ4v) is 2.02. The average molecular weight is 237 g/mol. The summed E-state index contributed by atoms with van der Waals surface area (Å²) in [5, 5.41) is 0. The summed E-state index contributed by atoms with van der Waals surface area (Å²) in [6.45, 7) is 3.25. The summed E-state index contributed by atoms with van der Waals surface area (Å²) in [6, 6.07) is 3.99. The summed E-state index contributed by atoms with van der Waals surface area (Å²) >= 11 is 0. The molecule has 0 bridgehead atoms. The summed E-state index contributed by atoms with van der Waals surface area (Å²) in [5.74, 6) is 7.19. The van der Waals surface area contributed by atoms with E-state index >= 15 is 0 Å².